The van der Waals surface area contributed by atoms with Crippen molar-refractivity contribution >= 4 is 64.4 Å². The molecule has 0 fully saturated rings. The van der Waals surface area contributed by atoms with Crippen molar-refractivity contribution in [3.05, 3.63) is 158 Å². The molecule has 0 spiro atoms. The molecule has 0 atom stereocenters. The van der Waals surface area contributed by atoms with Crippen molar-refractivity contribution in [3.8, 4) is 44.9 Å². The fraction of sp³-hybridized carbons (Fsp3) is 0. The Balaban J connectivity index is 1.22. The monoisotopic (exact) mass is 630 g/mol. The van der Waals surface area contributed by atoms with E-state index < -0.39 is 0 Å². The Bertz CT molecular complexity index is 2830. The van der Waals surface area contributed by atoms with Crippen LogP contribution in [0.3, 0.4) is 0 Å². The Morgan fingerprint density at radius 3 is 2.02 bits per heavy atom. The van der Waals surface area contributed by atoms with Crippen LogP contribution in [0.25, 0.3) is 97.9 Å². The first-order valence-electron chi connectivity index (χ1n) is 16.1. The molecule has 0 N–H and O–H groups in total. The molecule has 0 unspecified atom stereocenters. The van der Waals surface area contributed by atoms with E-state index in [4.69, 9.17) is 14.4 Å². The van der Waals surface area contributed by atoms with Crippen molar-refractivity contribution in [2.45, 2.75) is 0 Å². The predicted molar refractivity (Wildman–Crippen MR) is 201 cm³/mol. The zero-order valence-corrected chi connectivity index (χ0v) is 26.5. The highest BCUT2D eigenvalue weighted by Crippen LogP contribution is 2.44. The molecule has 0 amide bonds. The van der Waals surface area contributed by atoms with Gasteiger partial charge < -0.3 is 4.42 Å². The van der Waals surface area contributed by atoms with Gasteiger partial charge in [0.15, 0.2) is 5.82 Å². The van der Waals surface area contributed by atoms with Crippen LogP contribution in [-0.2, 0) is 0 Å². The molecule has 0 aliphatic heterocycles. The molecule has 4 heteroatoms. The molecule has 0 radical (unpaired) electrons. The van der Waals surface area contributed by atoms with Crippen LogP contribution >= 0.6 is 11.3 Å². The van der Waals surface area contributed by atoms with Crippen molar-refractivity contribution in [1.82, 2.24) is 9.97 Å². The number of hydrogen-bond donors (Lipinski definition) is 0. The van der Waals surface area contributed by atoms with Crippen molar-refractivity contribution in [2.24, 2.45) is 0 Å². The lowest BCUT2D eigenvalue weighted by molar-refractivity contribution is 0.670. The van der Waals surface area contributed by atoms with Gasteiger partial charge in [0, 0.05) is 37.5 Å². The van der Waals surface area contributed by atoms with Crippen LogP contribution in [0.1, 0.15) is 0 Å². The third-order valence-electron chi connectivity index (χ3n) is 9.31. The van der Waals surface area contributed by atoms with E-state index in [-0.39, 0.29) is 0 Å². The van der Waals surface area contributed by atoms with Crippen LogP contribution in [0.15, 0.2) is 162 Å². The normalized spacial score (nSPS) is 11.8. The van der Waals surface area contributed by atoms with E-state index in [1.165, 1.54) is 26.6 Å². The quantitative estimate of drug-likeness (QED) is 0.194. The molecule has 3 nitrogen and oxygen atoms in total. The first-order chi connectivity index (χ1) is 23.8. The highest BCUT2D eigenvalue weighted by molar-refractivity contribution is 7.26. The van der Waals surface area contributed by atoms with Crippen molar-refractivity contribution in [2.75, 3.05) is 0 Å². The Morgan fingerprint density at radius 1 is 0.479 bits per heavy atom. The molecule has 3 aromatic heterocycles. The molecule has 48 heavy (non-hydrogen) atoms. The van der Waals surface area contributed by atoms with Crippen LogP contribution in [0.4, 0.5) is 0 Å². The summed E-state index contributed by atoms with van der Waals surface area (Å²) in [7, 11) is 0. The minimum atomic E-state index is 0.691. The maximum absolute atomic E-state index is 6.67. The summed E-state index contributed by atoms with van der Waals surface area (Å²) in [6.07, 6.45) is 0. The van der Waals surface area contributed by atoms with Crippen molar-refractivity contribution in [1.29, 1.82) is 0 Å². The maximum Gasteiger partial charge on any atom is 0.161 e. The number of rotatable bonds is 4. The van der Waals surface area contributed by atoms with Crippen LogP contribution in [0, 0.1) is 0 Å². The highest BCUT2D eigenvalue weighted by Gasteiger charge is 2.22. The molecular formula is C44H26N2OS. The number of benzene rings is 7. The number of para-hydroxylation sites is 1. The third-order valence-corrected chi connectivity index (χ3v) is 10.5. The number of fused-ring (bicyclic) bond motifs is 7. The Labute approximate surface area is 280 Å². The maximum atomic E-state index is 6.67. The molecule has 10 rings (SSSR count). The zero-order chi connectivity index (χ0) is 31.6. The van der Waals surface area contributed by atoms with E-state index in [1.54, 1.807) is 11.3 Å². The van der Waals surface area contributed by atoms with Gasteiger partial charge >= 0.3 is 0 Å². The Morgan fingerprint density at radius 2 is 1.15 bits per heavy atom. The Kier molecular flexibility index (Phi) is 6.05. The second-order valence-corrected chi connectivity index (χ2v) is 13.2. The van der Waals surface area contributed by atoms with Gasteiger partial charge in [-0.25, -0.2) is 9.97 Å². The Hall–Kier alpha value is -6.10. The lowest BCUT2D eigenvalue weighted by Gasteiger charge is -2.11. The summed E-state index contributed by atoms with van der Waals surface area (Å²) in [5, 5.41) is 5.62. The van der Waals surface area contributed by atoms with Gasteiger partial charge in [-0.3, -0.25) is 0 Å². The van der Waals surface area contributed by atoms with Gasteiger partial charge in [0.05, 0.1) is 15.9 Å². The molecule has 0 aliphatic rings. The van der Waals surface area contributed by atoms with Crippen LogP contribution < -0.4 is 0 Å². The molecular weight excluding hydrogens is 605 g/mol. The molecule has 0 bridgehead atoms. The van der Waals surface area contributed by atoms with Gasteiger partial charge in [-0.1, -0.05) is 127 Å². The van der Waals surface area contributed by atoms with Crippen LogP contribution in [0.2, 0.25) is 0 Å². The fourth-order valence-corrected chi connectivity index (χ4v) is 8.11. The van der Waals surface area contributed by atoms with E-state index in [0.29, 0.717) is 5.82 Å². The number of thiophene rings is 1. The van der Waals surface area contributed by atoms with Gasteiger partial charge in [0.2, 0.25) is 0 Å². The molecule has 3 heterocycles. The number of furan rings is 1. The van der Waals surface area contributed by atoms with E-state index in [2.05, 4.69) is 140 Å². The smallest absolute Gasteiger partial charge is 0.161 e. The second kappa shape index (κ2) is 10.7. The van der Waals surface area contributed by atoms with Gasteiger partial charge in [-0.05, 0) is 57.8 Å². The third kappa shape index (κ3) is 4.27. The molecule has 224 valence electrons. The first kappa shape index (κ1) is 27.1. The number of hydrogen-bond acceptors (Lipinski definition) is 4. The minimum Gasteiger partial charge on any atom is -0.455 e. The largest absolute Gasteiger partial charge is 0.455 e. The van der Waals surface area contributed by atoms with Gasteiger partial charge in [-0.2, -0.15) is 0 Å². The lowest BCUT2D eigenvalue weighted by Crippen LogP contribution is -1.95. The SMILES string of the molecule is c1ccc(-c2ccc(-c3ccc(-c4nc(-c5ccc6ccccc6c5)c5sc6ccccc6c5n4)c4c3oc3ccccc34)cc2)cc1. The molecule has 7 aromatic carbocycles. The van der Waals surface area contributed by atoms with Crippen molar-refractivity contribution < 1.29 is 4.42 Å². The topological polar surface area (TPSA) is 38.9 Å². The summed E-state index contributed by atoms with van der Waals surface area (Å²) >= 11 is 1.76. The highest BCUT2D eigenvalue weighted by atomic mass is 32.1. The molecule has 10 aromatic rings. The fourth-order valence-electron chi connectivity index (χ4n) is 6.96. The minimum absolute atomic E-state index is 0.691. The average Bonchev–Trinajstić information content (AvgIpc) is 3.73. The number of nitrogens with zero attached hydrogens (tertiary/aromatic N) is 2. The first-order valence-corrected chi connectivity index (χ1v) is 16.9. The van der Waals surface area contributed by atoms with Crippen LogP contribution in [0.5, 0.6) is 0 Å². The van der Waals surface area contributed by atoms with E-state index >= 15 is 0 Å². The summed E-state index contributed by atoms with van der Waals surface area (Å²) in [5.41, 5.74) is 10.2. The molecule has 0 saturated heterocycles. The van der Waals surface area contributed by atoms with Crippen LogP contribution in [-0.4, -0.2) is 9.97 Å². The summed E-state index contributed by atoms with van der Waals surface area (Å²) in [5.74, 6) is 0.691. The predicted octanol–water partition coefficient (Wildman–Crippen LogP) is 12.6. The summed E-state index contributed by atoms with van der Waals surface area (Å²) < 4.78 is 8.97. The second-order valence-electron chi connectivity index (χ2n) is 12.1. The van der Waals surface area contributed by atoms with Gasteiger partial charge in [0.1, 0.15) is 11.2 Å². The van der Waals surface area contributed by atoms with Crippen molar-refractivity contribution in [3.63, 3.8) is 0 Å². The van der Waals surface area contributed by atoms with E-state index in [0.717, 1.165) is 65.5 Å². The summed E-state index contributed by atoms with van der Waals surface area (Å²) in [6, 6.07) is 55.4. The van der Waals surface area contributed by atoms with Gasteiger partial charge in [-0.15, -0.1) is 11.3 Å². The molecule has 0 aliphatic carbocycles. The zero-order valence-electron chi connectivity index (χ0n) is 25.7. The van der Waals surface area contributed by atoms with E-state index in [1.807, 2.05) is 18.2 Å². The molecule has 0 saturated carbocycles. The summed E-state index contributed by atoms with van der Waals surface area (Å²) in [6.45, 7) is 0. The average molecular weight is 631 g/mol. The summed E-state index contributed by atoms with van der Waals surface area (Å²) in [4.78, 5) is 10.7. The number of aromatic nitrogens is 2. The van der Waals surface area contributed by atoms with Gasteiger partial charge in [0.25, 0.3) is 0 Å². The standard InChI is InChI=1S/C44H26N2OS/c1-2-10-27(11-3-1)29-18-21-30(22-19-29)33-24-25-36(39-34-14-6-8-16-37(34)47-42(33)39)44-45-40(32-23-20-28-12-4-5-13-31(28)26-32)43-41(46-44)35-15-7-9-17-38(35)48-43/h1-26H. The van der Waals surface area contributed by atoms with E-state index in [9.17, 15) is 0 Å². The lowest BCUT2D eigenvalue weighted by atomic mass is 9.96.